The van der Waals surface area contributed by atoms with Gasteiger partial charge in [-0.25, -0.2) is 13.4 Å². The van der Waals surface area contributed by atoms with Gasteiger partial charge in [-0.3, -0.25) is 0 Å². The molecule has 0 spiro atoms. The van der Waals surface area contributed by atoms with Crippen molar-refractivity contribution in [3.63, 3.8) is 0 Å². The number of ether oxygens (including phenoxy) is 1. The zero-order valence-electron chi connectivity index (χ0n) is 17.1. The summed E-state index contributed by atoms with van der Waals surface area (Å²) in [6, 6.07) is 2.99. The topological polar surface area (TPSA) is 62.7 Å². The van der Waals surface area contributed by atoms with Gasteiger partial charge >= 0.3 is 6.18 Å². The van der Waals surface area contributed by atoms with Crippen LogP contribution in [0.5, 0.6) is 5.19 Å². The first-order valence-corrected chi connectivity index (χ1v) is 13.0. The van der Waals surface area contributed by atoms with Gasteiger partial charge in [0.15, 0.2) is 0 Å². The van der Waals surface area contributed by atoms with E-state index in [1.165, 1.54) is 15.6 Å². The van der Waals surface area contributed by atoms with Crippen LogP contribution >= 0.6 is 22.9 Å². The lowest BCUT2D eigenvalue weighted by Gasteiger charge is -2.41. The zero-order chi connectivity index (χ0) is 22.9. The Morgan fingerprint density at radius 2 is 1.78 bits per heavy atom. The highest BCUT2D eigenvalue weighted by molar-refractivity contribution is 7.89. The molecule has 12 heteroatoms. The predicted octanol–water partition coefficient (Wildman–Crippen LogP) is 4.51. The van der Waals surface area contributed by atoms with Gasteiger partial charge in [0.25, 0.3) is 5.19 Å². The van der Waals surface area contributed by atoms with E-state index in [0.29, 0.717) is 24.1 Å². The number of benzene rings is 1. The van der Waals surface area contributed by atoms with Gasteiger partial charge in [-0.2, -0.15) is 17.5 Å². The first-order chi connectivity index (χ1) is 15.1. The standard InChI is InChI=1S/C20H23ClF3N3O3S2/c21-18-2-1-16(13-17(18)20(22,23)24)32(28,29)27-10-3-14(4-11-27)26-8-5-15(6-9-26)30-19-25-7-12-31-19/h1-2,7,12-15H,3-6,8-11H2. The van der Waals surface area contributed by atoms with Crippen LogP contribution in [0.1, 0.15) is 31.2 Å². The number of piperidine rings is 2. The third-order valence-electron chi connectivity index (χ3n) is 5.97. The highest BCUT2D eigenvalue weighted by Gasteiger charge is 2.37. The number of thiazole rings is 1. The number of likely N-dealkylation sites (tertiary alicyclic amines) is 1. The second-order valence-corrected chi connectivity index (χ2v) is 11.1. The normalized spacial score (nSPS) is 20.5. The Labute approximate surface area is 194 Å². The van der Waals surface area contributed by atoms with E-state index in [9.17, 15) is 21.6 Å². The van der Waals surface area contributed by atoms with Crippen LogP contribution in [-0.2, 0) is 16.2 Å². The van der Waals surface area contributed by atoms with Gasteiger partial charge < -0.3 is 9.64 Å². The lowest BCUT2D eigenvalue weighted by atomic mass is 10.00. The Kier molecular flexibility index (Phi) is 7.02. The number of sulfonamides is 1. The van der Waals surface area contributed by atoms with Gasteiger partial charge in [0.2, 0.25) is 10.0 Å². The van der Waals surface area contributed by atoms with Crippen LogP contribution in [-0.4, -0.2) is 60.9 Å². The van der Waals surface area contributed by atoms with Gasteiger partial charge in [-0.15, -0.1) is 0 Å². The minimum absolute atomic E-state index is 0.130. The highest BCUT2D eigenvalue weighted by atomic mass is 35.5. The molecule has 3 heterocycles. The summed E-state index contributed by atoms with van der Waals surface area (Å²) in [5, 5.41) is 2.04. The first kappa shape index (κ1) is 23.7. The molecule has 2 aromatic rings. The van der Waals surface area contributed by atoms with Crippen molar-refractivity contribution in [3.05, 3.63) is 40.4 Å². The number of halogens is 4. The van der Waals surface area contributed by atoms with Crippen LogP contribution < -0.4 is 4.74 Å². The second-order valence-electron chi connectivity index (χ2n) is 7.93. The van der Waals surface area contributed by atoms with Crippen molar-refractivity contribution in [1.29, 1.82) is 0 Å². The third kappa shape index (κ3) is 5.22. The lowest BCUT2D eigenvalue weighted by Crippen LogP contribution is -2.50. The van der Waals surface area contributed by atoms with Crippen LogP contribution in [0.4, 0.5) is 13.2 Å². The summed E-state index contributed by atoms with van der Waals surface area (Å²) in [4.78, 5) is 6.12. The molecule has 0 aliphatic carbocycles. The van der Waals surface area contributed by atoms with E-state index in [1.54, 1.807) is 6.20 Å². The fraction of sp³-hybridized carbons (Fsp3) is 0.550. The maximum atomic E-state index is 13.1. The number of rotatable bonds is 5. The Balaban J connectivity index is 1.33. The van der Waals surface area contributed by atoms with Gasteiger partial charge in [0, 0.05) is 43.8 Å². The molecule has 2 fully saturated rings. The van der Waals surface area contributed by atoms with E-state index in [1.807, 2.05) is 5.38 Å². The Hall–Kier alpha value is -1.40. The summed E-state index contributed by atoms with van der Waals surface area (Å²) in [7, 11) is -4.02. The summed E-state index contributed by atoms with van der Waals surface area (Å²) in [6.07, 6.45) is 0.154. The monoisotopic (exact) mass is 509 g/mol. The molecular weight excluding hydrogens is 487 g/mol. The average molecular weight is 510 g/mol. The molecule has 1 aromatic carbocycles. The predicted molar refractivity (Wildman–Crippen MR) is 116 cm³/mol. The molecule has 0 unspecified atom stereocenters. The third-order valence-corrected chi connectivity index (χ3v) is 8.86. The molecule has 0 radical (unpaired) electrons. The maximum absolute atomic E-state index is 13.1. The largest absolute Gasteiger partial charge is 0.467 e. The number of alkyl halides is 3. The van der Waals surface area contributed by atoms with Crippen molar-refractivity contribution in [2.45, 2.75) is 48.9 Å². The molecule has 2 aliphatic rings. The van der Waals surface area contributed by atoms with E-state index in [-0.39, 0.29) is 30.1 Å². The molecule has 176 valence electrons. The van der Waals surface area contributed by atoms with Crippen molar-refractivity contribution >= 4 is 33.0 Å². The molecule has 0 saturated carbocycles. The van der Waals surface area contributed by atoms with Crippen LogP contribution in [0.2, 0.25) is 5.02 Å². The molecule has 0 amide bonds. The van der Waals surface area contributed by atoms with Crippen LogP contribution in [0, 0.1) is 0 Å². The Morgan fingerprint density at radius 3 is 2.38 bits per heavy atom. The summed E-state index contributed by atoms with van der Waals surface area (Å²) in [5.74, 6) is 0. The molecule has 4 rings (SSSR count). The van der Waals surface area contributed by atoms with Crippen LogP contribution in [0.25, 0.3) is 0 Å². The second kappa shape index (κ2) is 9.46. The fourth-order valence-corrected chi connectivity index (χ4v) is 6.52. The summed E-state index contributed by atoms with van der Waals surface area (Å²) < 4.78 is 72.4. The molecule has 2 aliphatic heterocycles. The highest BCUT2D eigenvalue weighted by Crippen LogP contribution is 2.37. The van der Waals surface area contributed by atoms with Crippen molar-refractivity contribution in [2.75, 3.05) is 26.2 Å². The summed E-state index contributed by atoms with van der Waals surface area (Å²) in [6.45, 7) is 2.26. The number of hydrogen-bond donors (Lipinski definition) is 0. The number of hydrogen-bond acceptors (Lipinski definition) is 6. The van der Waals surface area contributed by atoms with Crippen LogP contribution in [0.15, 0.2) is 34.7 Å². The lowest BCUT2D eigenvalue weighted by molar-refractivity contribution is -0.137. The molecular formula is C20H23ClF3N3O3S2. The molecule has 2 saturated heterocycles. The van der Waals surface area contributed by atoms with Crippen LogP contribution in [0.3, 0.4) is 0 Å². The molecule has 32 heavy (non-hydrogen) atoms. The SMILES string of the molecule is O=S(=O)(c1ccc(Cl)c(C(F)(F)F)c1)N1CCC(N2CCC(Oc3nccs3)CC2)CC1. The van der Waals surface area contributed by atoms with Gasteiger partial charge in [-0.05, 0) is 43.9 Å². The Bertz CT molecular complexity index is 1020. The van der Waals surface area contributed by atoms with Gasteiger partial charge in [0.05, 0.1) is 15.5 Å². The fourth-order valence-electron chi connectivity index (χ4n) is 4.25. The van der Waals surface area contributed by atoms with E-state index in [4.69, 9.17) is 16.3 Å². The Morgan fingerprint density at radius 1 is 1.09 bits per heavy atom. The molecule has 0 atom stereocenters. The number of nitrogens with zero attached hydrogens (tertiary/aromatic N) is 3. The van der Waals surface area contributed by atoms with E-state index in [0.717, 1.165) is 38.1 Å². The quantitative estimate of drug-likeness (QED) is 0.593. The van der Waals surface area contributed by atoms with Crippen molar-refractivity contribution in [1.82, 2.24) is 14.2 Å². The van der Waals surface area contributed by atoms with Crippen molar-refractivity contribution in [2.24, 2.45) is 0 Å². The van der Waals surface area contributed by atoms with Gasteiger partial charge in [0.1, 0.15) is 6.10 Å². The van der Waals surface area contributed by atoms with Crippen molar-refractivity contribution < 1.29 is 26.3 Å². The minimum atomic E-state index is -4.72. The van der Waals surface area contributed by atoms with Crippen molar-refractivity contribution in [3.8, 4) is 5.19 Å². The number of aromatic nitrogens is 1. The molecule has 0 N–H and O–H groups in total. The van der Waals surface area contributed by atoms with E-state index < -0.39 is 26.8 Å². The van der Waals surface area contributed by atoms with E-state index in [2.05, 4.69) is 9.88 Å². The molecule has 0 bridgehead atoms. The zero-order valence-corrected chi connectivity index (χ0v) is 19.5. The van der Waals surface area contributed by atoms with E-state index >= 15 is 0 Å². The minimum Gasteiger partial charge on any atom is -0.467 e. The average Bonchev–Trinajstić information content (AvgIpc) is 3.27. The smallest absolute Gasteiger partial charge is 0.417 e. The first-order valence-electron chi connectivity index (χ1n) is 10.3. The maximum Gasteiger partial charge on any atom is 0.417 e. The molecule has 6 nitrogen and oxygen atoms in total. The summed E-state index contributed by atoms with van der Waals surface area (Å²) in [5.41, 5.74) is -1.14. The molecule has 1 aromatic heterocycles. The summed E-state index contributed by atoms with van der Waals surface area (Å²) >= 11 is 7.10. The van der Waals surface area contributed by atoms with Gasteiger partial charge in [-0.1, -0.05) is 22.9 Å².